The summed E-state index contributed by atoms with van der Waals surface area (Å²) in [5.41, 5.74) is 0.892. The lowest BCUT2D eigenvalue weighted by Crippen LogP contribution is -2.38. The Hall–Kier alpha value is -2.05. The summed E-state index contributed by atoms with van der Waals surface area (Å²) < 4.78 is 50.2. The van der Waals surface area contributed by atoms with Gasteiger partial charge in [0.2, 0.25) is 0 Å². The van der Waals surface area contributed by atoms with Gasteiger partial charge in [0.1, 0.15) is 18.3 Å². The minimum Gasteiger partial charge on any atom is -0.372 e. The van der Waals surface area contributed by atoms with Gasteiger partial charge in [-0.25, -0.2) is 17.9 Å². The van der Waals surface area contributed by atoms with Crippen LogP contribution in [0.25, 0.3) is 0 Å². The number of ether oxygens (including phenoxy) is 4. The fourth-order valence-electron chi connectivity index (χ4n) is 4.31. The van der Waals surface area contributed by atoms with Crippen LogP contribution in [0.15, 0.2) is 34.3 Å². The van der Waals surface area contributed by atoms with Crippen molar-refractivity contribution < 1.29 is 37.0 Å². The van der Waals surface area contributed by atoms with Crippen LogP contribution in [-0.4, -0.2) is 57.7 Å². The third kappa shape index (κ3) is 9.03. The van der Waals surface area contributed by atoms with Crippen molar-refractivity contribution in [3.63, 3.8) is 0 Å². The van der Waals surface area contributed by atoms with Gasteiger partial charge in [0.15, 0.2) is 12.1 Å². The van der Waals surface area contributed by atoms with Gasteiger partial charge in [0.25, 0.3) is 10.0 Å². The third-order valence-corrected chi connectivity index (χ3v) is 7.56. The number of benzene rings is 1. The molecule has 2 fully saturated rings. The number of aryl methyl sites for hydroxylation is 1. The second-order valence-corrected chi connectivity index (χ2v) is 11.6. The molecule has 2 heterocycles. The van der Waals surface area contributed by atoms with Crippen LogP contribution < -0.4 is 4.72 Å². The van der Waals surface area contributed by atoms with Gasteiger partial charge >= 0.3 is 6.09 Å². The van der Waals surface area contributed by atoms with Crippen molar-refractivity contribution in [3.05, 3.63) is 29.8 Å². The molecule has 0 radical (unpaired) electrons. The zero-order chi connectivity index (χ0) is 26.9. The van der Waals surface area contributed by atoms with Crippen molar-refractivity contribution in [2.45, 2.75) is 114 Å². The maximum atomic E-state index is 12.3. The number of hydrogen-bond acceptors (Lipinski definition) is 9. The number of carbonyl (C=O) groups excluding carboxylic acids is 1. The Bertz CT molecular complexity index is 996. The Morgan fingerprint density at radius 2 is 1.70 bits per heavy atom. The molecule has 0 aromatic heterocycles. The number of unbranched alkanes of at least 4 members (excludes halogenated alkanes) is 7. The normalized spacial score (nSPS) is 24.9. The lowest BCUT2D eigenvalue weighted by atomic mass is 10.1. The summed E-state index contributed by atoms with van der Waals surface area (Å²) in [5.74, 6) is -0.807. The zero-order valence-corrected chi connectivity index (χ0v) is 23.0. The summed E-state index contributed by atoms with van der Waals surface area (Å²) in [4.78, 5) is 16.7. The molecule has 2 aliphatic rings. The van der Waals surface area contributed by atoms with E-state index in [2.05, 4.69) is 12.1 Å². The molecule has 1 aromatic carbocycles. The number of hydrogen-bond donors (Lipinski definition) is 1. The highest BCUT2D eigenvalue weighted by atomic mass is 32.2. The van der Waals surface area contributed by atoms with Gasteiger partial charge in [-0.1, -0.05) is 74.7 Å². The Balaban J connectivity index is 1.48. The Kier molecular flexibility index (Phi) is 10.9. The minimum absolute atomic E-state index is 0.0580. The van der Waals surface area contributed by atoms with E-state index in [-0.39, 0.29) is 4.90 Å². The summed E-state index contributed by atoms with van der Waals surface area (Å²) in [7, 11) is -4.08. The standard InChI is InChI=1S/C26H40N2O8S/c1-5-6-7-8-9-10-11-12-17-32-22-21(33-24-23(22)34-26(3,4)35-24)18-27-36-25(29)28-37(30,31)20-15-13-19(2)14-16-20/h13-16,18,21-24H,5-12,17H2,1-4H3,(H,28,29)/t21-,22+,23-,24-/m1/s1. The summed E-state index contributed by atoms with van der Waals surface area (Å²) in [6.07, 6.45) is 7.20. The summed E-state index contributed by atoms with van der Waals surface area (Å²) in [6.45, 7) is 8.17. The Morgan fingerprint density at radius 1 is 1.05 bits per heavy atom. The van der Waals surface area contributed by atoms with Gasteiger partial charge in [0, 0.05) is 6.61 Å². The quantitative estimate of drug-likeness (QED) is 0.155. The number of sulfonamides is 1. The molecule has 1 amide bonds. The average Bonchev–Trinajstić information content (AvgIpc) is 3.29. The molecule has 4 atom stereocenters. The molecule has 2 aliphatic heterocycles. The molecule has 10 nitrogen and oxygen atoms in total. The first-order valence-corrected chi connectivity index (χ1v) is 14.6. The molecular formula is C26H40N2O8S. The highest BCUT2D eigenvalue weighted by molar-refractivity contribution is 7.90. The van der Waals surface area contributed by atoms with Gasteiger partial charge in [-0.2, -0.15) is 0 Å². The molecule has 0 bridgehead atoms. The summed E-state index contributed by atoms with van der Waals surface area (Å²) in [6, 6.07) is 6.06. The molecule has 0 saturated carbocycles. The van der Waals surface area contributed by atoms with E-state index in [9.17, 15) is 13.2 Å². The number of fused-ring (bicyclic) bond motifs is 1. The zero-order valence-electron chi connectivity index (χ0n) is 22.2. The SMILES string of the molecule is CCCCCCCCCCO[C@@H]1[C@H]2OC(C)(C)O[C@H]2O[C@@H]1C=NOC(=O)NS(=O)(=O)c1ccc(C)cc1. The molecule has 11 heteroatoms. The highest BCUT2D eigenvalue weighted by Crippen LogP contribution is 2.38. The molecule has 0 aliphatic carbocycles. The van der Waals surface area contributed by atoms with Crippen LogP contribution in [0.5, 0.6) is 0 Å². The van der Waals surface area contributed by atoms with E-state index in [1.165, 1.54) is 56.9 Å². The highest BCUT2D eigenvalue weighted by Gasteiger charge is 2.55. The lowest BCUT2D eigenvalue weighted by molar-refractivity contribution is -0.209. The minimum atomic E-state index is -4.08. The summed E-state index contributed by atoms with van der Waals surface area (Å²) in [5, 5.41) is 3.63. The van der Waals surface area contributed by atoms with E-state index >= 15 is 0 Å². The predicted molar refractivity (Wildman–Crippen MR) is 138 cm³/mol. The Morgan fingerprint density at radius 3 is 2.38 bits per heavy atom. The molecular weight excluding hydrogens is 500 g/mol. The van der Waals surface area contributed by atoms with E-state index in [0.717, 1.165) is 18.4 Å². The first kappa shape index (κ1) is 29.5. The maximum absolute atomic E-state index is 12.3. The fourth-order valence-corrected chi connectivity index (χ4v) is 5.18. The van der Waals surface area contributed by atoms with E-state index in [0.29, 0.717) is 6.61 Å². The van der Waals surface area contributed by atoms with Crippen LogP contribution in [0.3, 0.4) is 0 Å². The van der Waals surface area contributed by atoms with Crippen molar-refractivity contribution in [1.29, 1.82) is 0 Å². The van der Waals surface area contributed by atoms with Crippen LogP contribution in [0.2, 0.25) is 0 Å². The molecule has 1 aromatic rings. The van der Waals surface area contributed by atoms with Gasteiger partial charge < -0.3 is 18.9 Å². The number of oxime groups is 1. The van der Waals surface area contributed by atoms with Crippen molar-refractivity contribution in [2.24, 2.45) is 5.16 Å². The smallest absolute Gasteiger partial charge is 0.372 e. The molecule has 3 rings (SSSR count). The second-order valence-electron chi connectivity index (χ2n) is 9.93. The predicted octanol–water partition coefficient (Wildman–Crippen LogP) is 4.80. The van der Waals surface area contributed by atoms with Gasteiger partial charge in [0.05, 0.1) is 11.1 Å². The maximum Gasteiger partial charge on any atom is 0.447 e. The molecule has 2 saturated heterocycles. The molecule has 1 N–H and O–H groups in total. The van der Waals surface area contributed by atoms with Crippen LogP contribution in [0, 0.1) is 6.92 Å². The number of amides is 1. The molecule has 0 unspecified atom stereocenters. The van der Waals surface area contributed by atoms with Crippen molar-refractivity contribution in [3.8, 4) is 0 Å². The van der Waals surface area contributed by atoms with E-state index < -0.39 is 46.5 Å². The number of nitrogens with zero attached hydrogens (tertiary/aromatic N) is 1. The van der Waals surface area contributed by atoms with Crippen molar-refractivity contribution in [1.82, 2.24) is 4.72 Å². The summed E-state index contributed by atoms with van der Waals surface area (Å²) >= 11 is 0. The molecule has 0 spiro atoms. The third-order valence-electron chi connectivity index (χ3n) is 6.23. The monoisotopic (exact) mass is 540 g/mol. The first-order valence-electron chi connectivity index (χ1n) is 13.1. The van der Waals surface area contributed by atoms with Crippen molar-refractivity contribution >= 4 is 22.3 Å². The second kappa shape index (κ2) is 13.7. The first-order chi connectivity index (χ1) is 17.6. The topological polar surface area (TPSA) is 122 Å². The number of carbonyl (C=O) groups is 1. The number of nitrogens with one attached hydrogen (secondary N) is 1. The van der Waals surface area contributed by atoms with Crippen LogP contribution in [-0.2, 0) is 33.8 Å². The van der Waals surface area contributed by atoms with E-state index in [1.54, 1.807) is 26.0 Å². The fraction of sp³-hybridized carbons (Fsp3) is 0.692. The van der Waals surface area contributed by atoms with Crippen molar-refractivity contribution in [2.75, 3.05) is 6.61 Å². The van der Waals surface area contributed by atoms with E-state index in [1.807, 2.05) is 11.6 Å². The lowest BCUT2D eigenvalue weighted by Gasteiger charge is -2.24. The number of rotatable bonds is 14. The molecule has 37 heavy (non-hydrogen) atoms. The van der Waals surface area contributed by atoms with Gasteiger partial charge in [-0.05, 0) is 39.3 Å². The average molecular weight is 541 g/mol. The molecule has 208 valence electrons. The Labute approximate surface area is 220 Å². The van der Waals surface area contributed by atoms with Crippen LogP contribution >= 0.6 is 0 Å². The van der Waals surface area contributed by atoms with Gasteiger partial charge in [-0.3, -0.25) is 4.84 Å². The van der Waals surface area contributed by atoms with Crippen LogP contribution in [0.1, 0.15) is 77.7 Å². The van der Waals surface area contributed by atoms with E-state index in [4.69, 9.17) is 23.8 Å². The van der Waals surface area contributed by atoms with Crippen LogP contribution in [0.4, 0.5) is 4.79 Å². The van der Waals surface area contributed by atoms with Gasteiger partial charge in [-0.15, -0.1) is 0 Å². The largest absolute Gasteiger partial charge is 0.447 e.